The van der Waals surface area contributed by atoms with Crippen LogP contribution in [-0.4, -0.2) is 52.9 Å². The monoisotopic (exact) mass is 416 g/mol. The molecule has 1 aromatic heterocycles. The van der Waals surface area contributed by atoms with Gasteiger partial charge in [0.25, 0.3) is 0 Å². The van der Waals surface area contributed by atoms with Gasteiger partial charge in [-0.05, 0) is 56.5 Å². The van der Waals surface area contributed by atoms with E-state index in [0.717, 1.165) is 61.6 Å². The van der Waals surface area contributed by atoms with Crippen LogP contribution < -0.4 is 10.1 Å². The Labute approximate surface area is 173 Å². The third-order valence-electron chi connectivity index (χ3n) is 5.75. The third-order valence-corrected chi connectivity index (χ3v) is 6.37. The van der Waals surface area contributed by atoms with Crippen LogP contribution in [-0.2, 0) is 22.6 Å². The second kappa shape index (κ2) is 8.46. The quantitative estimate of drug-likeness (QED) is 0.723. The molecule has 0 bridgehead atoms. The number of benzene rings is 1. The minimum atomic E-state index is -0.220. The number of hydrogen-bond donors (Lipinski definition) is 1. The first-order valence-corrected chi connectivity index (χ1v) is 10.5. The van der Waals surface area contributed by atoms with Gasteiger partial charge in [0.05, 0.1) is 12.7 Å². The Kier molecular flexibility index (Phi) is 5.77. The van der Waals surface area contributed by atoms with Gasteiger partial charge in [-0.25, -0.2) is 4.79 Å². The first kappa shape index (κ1) is 19.8. The summed E-state index contributed by atoms with van der Waals surface area (Å²) >= 11 is 1.12. The smallest absolute Gasteiger partial charge is 0.338 e. The molecule has 0 saturated carbocycles. The summed E-state index contributed by atoms with van der Waals surface area (Å²) in [5.74, 6) is -0.226. The molecule has 0 radical (unpaired) electrons. The molecule has 1 N–H and O–H groups in total. The van der Waals surface area contributed by atoms with Gasteiger partial charge in [0, 0.05) is 29.6 Å². The van der Waals surface area contributed by atoms with Crippen molar-refractivity contribution in [1.82, 2.24) is 14.3 Å². The lowest BCUT2D eigenvalue weighted by Gasteiger charge is -2.31. The number of nitrogens with zero attached hydrogens (tertiary/aromatic N) is 3. The van der Waals surface area contributed by atoms with Crippen molar-refractivity contribution < 1.29 is 19.1 Å². The number of cyclic esters (lactones) is 1. The van der Waals surface area contributed by atoms with Gasteiger partial charge in [0.2, 0.25) is 11.0 Å². The van der Waals surface area contributed by atoms with Crippen molar-refractivity contribution in [3.05, 3.63) is 34.4 Å². The van der Waals surface area contributed by atoms with Gasteiger partial charge in [-0.3, -0.25) is 4.79 Å². The van der Waals surface area contributed by atoms with E-state index in [-0.39, 0.29) is 23.8 Å². The number of nitrogens with one attached hydrogen (secondary N) is 1. The number of anilines is 1. The second-order valence-corrected chi connectivity index (χ2v) is 8.15. The zero-order chi connectivity index (χ0) is 20.4. The molecule has 0 aliphatic carbocycles. The Morgan fingerprint density at radius 3 is 2.90 bits per heavy atom. The van der Waals surface area contributed by atoms with E-state index >= 15 is 0 Å². The summed E-state index contributed by atoms with van der Waals surface area (Å²) in [5.41, 5.74) is 4.14. The van der Waals surface area contributed by atoms with Gasteiger partial charge in [-0.15, -0.1) is 4.37 Å². The SMILES string of the molecule is COc1nsc(NC(=O)C2CCN(CCc3ccc4c(c3C)COC4=O)CC2)n1. The van der Waals surface area contributed by atoms with Crippen LogP contribution in [0.3, 0.4) is 0 Å². The van der Waals surface area contributed by atoms with Crippen LogP contribution in [0.25, 0.3) is 0 Å². The highest BCUT2D eigenvalue weighted by molar-refractivity contribution is 7.10. The number of fused-ring (bicyclic) bond motifs is 1. The number of methoxy groups -OCH3 is 1. The Bertz CT molecular complexity index is 921. The molecule has 1 fully saturated rings. The summed E-state index contributed by atoms with van der Waals surface area (Å²) in [4.78, 5) is 30.6. The summed E-state index contributed by atoms with van der Waals surface area (Å²) in [6.07, 6.45) is 2.58. The number of hydrogen-bond acceptors (Lipinski definition) is 8. The maximum Gasteiger partial charge on any atom is 0.338 e. The average Bonchev–Trinajstić information content (AvgIpc) is 3.35. The van der Waals surface area contributed by atoms with E-state index in [2.05, 4.69) is 26.5 Å². The van der Waals surface area contributed by atoms with Crippen LogP contribution in [0.1, 0.15) is 39.9 Å². The fourth-order valence-corrected chi connectivity index (χ4v) is 4.46. The Balaban J connectivity index is 1.26. The lowest BCUT2D eigenvalue weighted by atomic mass is 9.94. The van der Waals surface area contributed by atoms with E-state index in [9.17, 15) is 9.59 Å². The number of piperidine rings is 1. The molecule has 2 aromatic rings. The number of carbonyl (C=O) groups excluding carboxylic acids is 2. The molecule has 1 amide bonds. The van der Waals surface area contributed by atoms with Crippen molar-refractivity contribution in [1.29, 1.82) is 0 Å². The van der Waals surface area contributed by atoms with Crippen LogP contribution in [0, 0.1) is 12.8 Å². The van der Waals surface area contributed by atoms with Crippen molar-refractivity contribution in [2.24, 2.45) is 5.92 Å². The number of rotatable bonds is 6. The molecule has 4 rings (SSSR count). The summed E-state index contributed by atoms with van der Waals surface area (Å²) in [6, 6.07) is 4.20. The Morgan fingerprint density at radius 2 is 2.17 bits per heavy atom. The fourth-order valence-electron chi connectivity index (χ4n) is 3.92. The van der Waals surface area contributed by atoms with Crippen molar-refractivity contribution in [2.75, 3.05) is 32.1 Å². The molecule has 8 nitrogen and oxygen atoms in total. The van der Waals surface area contributed by atoms with Gasteiger partial charge >= 0.3 is 12.0 Å². The number of ether oxygens (including phenoxy) is 2. The molecule has 1 aromatic carbocycles. The van der Waals surface area contributed by atoms with Crippen molar-refractivity contribution in [3.8, 4) is 6.01 Å². The highest BCUT2D eigenvalue weighted by Gasteiger charge is 2.27. The number of carbonyl (C=O) groups is 2. The summed E-state index contributed by atoms with van der Waals surface area (Å²) in [5, 5.41) is 3.32. The van der Waals surface area contributed by atoms with E-state index in [1.165, 1.54) is 12.7 Å². The average molecular weight is 417 g/mol. The molecule has 0 spiro atoms. The molecule has 29 heavy (non-hydrogen) atoms. The van der Waals surface area contributed by atoms with Gasteiger partial charge in [-0.2, -0.15) is 4.98 Å². The minimum absolute atomic E-state index is 0.00240. The largest absolute Gasteiger partial charge is 0.466 e. The number of aromatic nitrogens is 2. The van der Waals surface area contributed by atoms with Crippen molar-refractivity contribution in [3.63, 3.8) is 0 Å². The predicted octanol–water partition coefficient (Wildman–Crippen LogP) is 2.42. The van der Waals surface area contributed by atoms with Crippen molar-refractivity contribution >= 4 is 28.5 Å². The maximum atomic E-state index is 12.5. The summed E-state index contributed by atoms with van der Waals surface area (Å²) in [6.45, 7) is 5.17. The van der Waals surface area contributed by atoms with Gasteiger partial charge in [0.15, 0.2) is 0 Å². The molecule has 0 atom stereocenters. The molecule has 2 aliphatic rings. The van der Waals surface area contributed by atoms with Gasteiger partial charge in [0.1, 0.15) is 6.61 Å². The summed E-state index contributed by atoms with van der Waals surface area (Å²) in [7, 11) is 1.50. The van der Waals surface area contributed by atoms with Crippen LogP contribution in [0.15, 0.2) is 12.1 Å². The number of esters is 1. The minimum Gasteiger partial charge on any atom is -0.466 e. The second-order valence-electron chi connectivity index (χ2n) is 7.39. The molecular formula is C20H24N4O4S. The topological polar surface area (TPSA) is 93.6 Å². The first-order chi connectivity index (χ1) is 14.0. The molecule has 9 heteroatoms. The van der Waals surface area contributed by atoms with Gasteiger partial charge < -0.3 is 19.7 Å². The molecular weight excluding hydrogens is 392 g/mol. The Morgan fingerprint density at radius 1 is 1.38 bits per heavy atom. The fraction of sp³-hybridized carbons (Fsp3) is 0.500. The predicted molar refractivity (Wildman–Crippen MR) is 108 cm³/mol. The maximum absolute atomic E-state index is 12.5. The third kappa shape index (κ3) is 4.25. The highest BCUT2D eigenvalue weighted by Crippen LogP contribution is 2.27. The first-order valence-electron chi connectivity index (χ1n) is 9.74. The molecule has 3 heterocycles. The highest BCUT2D eigenvalue weighted by atomic mass is 32.1. The Hall–Kier alpha value is -2.52. The standard InChI is InChI=1S/C20H24N4O4S/c1-12-13(3-4-15-16(12)11-28-18(15)26)5-8-24-9-6-14(7-10-24)17(25)21-20-22-19(27-2)23-29-20/h3-4,14H,5-11H2,1-2H3,(H,21,22,23,25). The lowest BCUT2D eigenvalue weighted by molar-refractivity contribution is -0.121. The molecule has 154 valence electrons. The van der Waals surface area contributed by atoms with Crippen molar-refractivity contribution in [2.45, 2.75) is 32.8 Å². The normalized spacial score (nSPS) is 17.1. The lowest BCUT2D eigenvalue weighted by Crippen LogP contribution is -2.39. The van der Waals surface area contributed by atoms with Crippen LogP contribution in [0.5, 0.6) is 6.01 Å². The number of likely N-dealkylation sites (tertiary alicyclic amines) is 1. The number of amides is 1. The molecule has 1 saturated heterocycles. The molecule has 0 unspecified atom stereocenters. The van der Waals surface area contributed by atoms with Crippen LogP contribution in [0.4, 0.5) is 5.13 Å². The summed E-state index contributed by atoms with van der Waals surface area (Å²) < 4.78 is 14.1. The van der Waals surface area contributed by atoms with Crippen LogP contribution >= 0.6 is 11.5 Å². The zero-order valence-electron chi connectivity index (χ0n) is 16.6. The van der Waals surface area contributed by atoms with E-state index < -0.39 is 0 Å². The molecule has 2 aliphatic heterocycles. The zero-order valence-corrected chi connectivity index (χ0v) is 17.4. The van der Waals surface area contributed by atoms with E-state index in [0.29, 0.717) is 17.3 Å². The van der Waals surface area contributed by atoms with Crippen LogP contribution in [0.2, 0.25) is 0 Å². The van der Waals surface area contributed by atoms with E-state index in [1.807, 2.05) is 12.1 Å². The van der Waals surface area contributed by atoms with E-state index in [4.69, 9.17) is 9.47 Å². The van der Waals surface area contributed by atoms with E-state index in [1.54, 1.807) is 0 Å². The van der Waals surface area contributed by atoms with Gasteiger partial charge in [-0.1, -0.05) is 6.07 Å².